The van der Waals surface area contributed by atoms with Crippen LogP contribution in [0, 0.1) is 5.92 Å². The number of nitrogens with zero attached hydrogens (tertiary/aromatic N) is 1. The maximum atomic E-state index is 13.9. The zero-order valence-electron chi connectivity index (χ0n) is 21.7. The van der Waals surface area contributed by atoms with E-state index in [0.29, 0.717) is 5.92 Å². The molecule has 0 radical (unpaired) electrons. The molecule has 2 aromatic rings. The number of esters is 1. The number of benzene rings is 2. The number of carbonyl (C=O) groups excluding carboxylic acids is 1. The second-order valence-corrected chi connectivity index (χ2v) is 12.4. The van der Waals surface area contributed by atoms with Crippen molar-refractivity contribution in [3.05, 3.63) is 53.6 Å². The summed E-state index contributed by atoms with van der Waals surface area (Å²) >= 11 is 0. The molecule has 0 unspecified atom stereocenters. The van der Waals surface area contributed by atoms with Gasteiger partial charge < -0.3 is 14.6 Å². The van der Waals surface area contributed by atoms with E-state index >= 15 is 0 Å². The highest BCUT2D eigenvalue weighted by Crippen LogP contribution is 2.42. The van der Waals surface area contributed by atoms with Gasteiger partial charge in [-0.05, 0) is 74.4 Å². The summed E-state index contributed by atoms with van der Waals surface area (Å²) < 4.78 is 78.9. The molecule has 0 saturated heterocycles. The second-order valence-electron chi connectivity index (χ2n) is 10.6. The number of hydrogen-bond acceptors (Lipinski definition) is 6. The number of rotatable bonds is 9. The Morgan fingerprint density at radius 3 is 2.46 bits per heavy atom. The average Bonchev–Trinajstić information content (AvgIpc) is 3.68. The normalized spacial score (nSPS) is 18.6. The third kappa shape index (κ3) is 6.32. The number of carboxylic acid groups (broad SMARTS) is 1. The Morgan fingerprint density at radius 1 is 1.15 bits per heavy atom. The Hall–Kier alpha value is -3.28. The molecule has 2 aromatic carbocycles. The Morgan fingerprint density at radius 2 is 1.85 bits per heavy atom. The number of alkyl halides is 3. The Labute approximate surface area is 224 Å². The predicted octanol–water partition coefficient (Wildman–Crippen LogP) is 5.06. The predicted molar refractivity (Wildman–Crippen MR) is 135 cm³/mol. The van der Waals surface area contributed by atoms with Gasteiger partial charge >= 0.3 is 18.1 Å². The number of ether oxygens (including phenoxy) is 2. The molecule has 1 heterocycles. The fraction of sp³-hybridized carbons (Fsp3) is 0.481. The number of hydrogen-bond donors (Lipinski definition) is 1. The number of halogens is 3. The lowest BCUT2D eigenvalue weighted by molar-refractivity contribution is -0.257. The zero-order valence-corrected chi connectivity index (χ0v) is 22.5. The topological polar surface area (TPSA) is 110 Å². The molecule has 0 spiro atoms. The van der Waals surface area contributed by atoms with Crippen molar-refractivity contribution in [3.63, 3.8) is 0 Å². The van der Waals surface area contributed by atoms with Crippen molar-refractivity contribution >= 4 is 27.6 Å². The van der Waals surface area contributed by atoms with Gasteiger partial charge in [0.15, 0.2) is 0 Å². The molecule has 0 bridgehead atoms. The summed E-state index contributed by atoms with van der Waals surface area (Å²) in [5.41, 5.74) is -1.46. The second kappa shape index (κ2) is 10.4. The Balaban J connectivity index is 1.67. The van der Waals surface area contributed by atoms with Crippen LogP contribution in [0.1, 0.15) is 57.1 Å². The largest absolute Gasteiger partial charge is 0.486 e. The van der Waals surface area contributed by atoms with E-state index in [-0.39, 0.29) is 34.9 Å². The SMILES string of the molecule is C[C@H](C[C@H]1CN(S(=O)(=O)c2cccc(C3CC3)c2)c2cc(CC(=O)OC(C)(C)C(F)(F)F)ccc2O1)C(=O)O. The van der Waals surface area contributed by atoms with Crippen LogP contribution >= 0.6 is 0 Å². The monoisotopic (exact) mass is 569 g/mol. The summed E-state index contributed by atoms with van der Waals surface area (Å²) in [4.78, 5) is 23.8. The molecule has 0 aromatic heterocycles. The quantitative estimate of drug-likeness (QED) is 0.421. The lowest BCUT2D eigenvalue weighted by Gasteiger charge is -2.36. The molecule has 212 valence electrons. The van der Waals surface area contributed by atoms with Crippen molar-refractivity contribution in [2.75, 3.05) is 10.8 Å². The maximum Gasteiger partial charge on any atom is 0.427 e. The van der Waals surface area contributed by atoms with E-state index < -0.39 is 52.2 Å². The molecule has 1 saturated carbocycles. The van der Waals surface area contributed by atoms with Gasteiger partial charge in [-0.25, -0.2) is 8.42 Å². The first-order valence-corrected chi connectivity index (χ1v) is 14.0. The van der Waals surface area contributed by atoms with Crippen LogP contribution in [0.25, 0.3) is 0 Å². The van der Waals surface area contributed by atoms with E-state index in [4.69, 9.17) is 4.74 Å². The van der Waals surface area contributed by atoms with Gasteiger partial charge in [0.2, 0.25) is 5.60 Å². The lowest BCUT2D eigenvalue weighted by atomic mass is 10.0. The van der Waals surface area contributed by atoms with Gasteiger partial charge in [0.1, 0.15) is 11.9 Å². The number of sulfonamides is 1. The first kappa shape index (κ1) is 28.7. The molecule has 0 amide bonds. The molecule has 12 heteroatoms. The molecule has 1 N–H and O–H groups in total. The molecule has 4 rings (SSSR count). The van der Waals surface area contributed by atoms with Crippen molar-refractivity contribution in [2.45, 2.75) is 75.1 Å². The molecule has 2 atom stereocenters. The fourth-order valence-corrected chi connectivity index (χ4v) is 5.89. The molecule has 39 heavy (non-hydrogen) atoms. The van der Waals surface area contributed by atoms with Crippen molar-refractivity contribution in [3.8, 4) is 5.75 Å². The summed E-state index contributed by atoms with van der Waals surface area (Å²) in [5.74, 6) is -2.52. The first-order valence-electron chi connectivity index (χ1n) is 12.5. The molecule has 2 aliphatic rings. The van der Waals surface area contributed by atoms with Crippen LogP contribution in [0.5, 0.6) is 5.75 Å². The first-order chi connectivity index (χ1) is 18.1. The lowest BCUT2D eigenvalue weighted by Crippen LogP contribution is -2.44. The summed E-state index contributed by atoms with van der Waals surface area (Å²) in [5, 5.41) is 9.35. The highest BCUT2D eigenvalue weighted by Gasteiger charge is 2.50. The molecule has 8 nitrogen and oxygen atoms in total. The van der Waals surface area contributed by atoms with E-state index in [1.165, 1.54) is 31.2 Å². The van der Waals surface area contributed by atoms with Crippen LogP contribution in [-0.4, -0.2) is 49.9 Å². The van der Waals surface area contributed by atoms with Crippen LogP contribution in [-0.2, 0) is 30.8 Å². The van der Waals surface area contributed by atoms with E-state index in [2.05, 4.69) is 4.74 Å². The molecule has 1 fully saturated rings. The van der Waals surface area contributed by atoms with Crippen LogP contribution in [0.2, 0.25) is 0 Å². The summed E-state index contributed by atoms with van der Waals surface area (Å²) in [7, 11) is -4.15. The van der Waals surface area contributed by atoms with Gasteiger partial charge in [-0.1, -0.05) is 25.1 Å². The highest BCUT2D eigenvalue weighted by atomic mass is 32.2. The average molecular weight is 570 g/mol. The standard InChI is InChI=1S/C27H30F3NO7S/c1-16(25(33)34)11-20-15-31(39(35,36)21-6-4-5-19(14-21)18-8-9-18)22-12-17(7-10-23(22)37-20)13-24(32)38-26(2,3)27(28,29)30/h4-7,10,12,14,16,18,20H,8-9,11,13,15H2,1-3H3,(H,33,34)/t16-,20+/m1/s1. The van der Waals surface area contributed by atoms with E-state index in [1.807, 2.05) is 6.07 Å². The van der Waals surface area contributed by atoms with Crippen molar-refractivity contribution < 1.29 is 45.8 Å². The number of anilines is 1. The van der Waals surface area contributed by atoms with Gasteiger partial charge in [0.05, 0.1) is 29.5 Å². The molecular weight excluding hydrogens is 539 g/mol. The van der Waals surface area contributed by atoms with E-state index in [1.54, 1.807) is 12.1 Å². The summed E-state index contributed by atoms with van der Waals surface area (Å²) in [6.45, 7) is 2.80. The number of carbonyl (C=O) groups is 2. The van der Waals surface area contributed by atoms with Crippen LogP contribution in [0.15, 0.2) is 47.4 Å². The van der Waals surface area contributed by atoms with E-state index in [0.717, 1.165) is 36.6 Å². The van der Waals surface area contributed by atoms with E-state index in [9.17, 15) is 36.3 Å². The van der Waals surface area contributed by atoms with Crippen LogP contribution in [0.3, 0.4) is 0 Å². The van der Waals surface area contributed by atoms with Gasteiger partial charge in [-0.15, -0.1) is 0 Å². The third-order valence-corrected chi connectivity index (χ3v) is 8.66. The fourth-order valence-electron chi connectivity index (χ4n) is 4.33. The van der Waals surface area contributed by atoms with Crippen molar-refractivity contribution in [1.29, 1.82) is 0 Å². The molecular formula is C27H30F3NO7S. The van der Waals surface area contributed by atoms with Crippen molar-refractivity contribution in [1.82, 2.24) is 0 Å². The van der Waals surface area contributed by atoms with Crippen molar-refractivity contribution in [2.24, 2.45) is 5.92 Å². The van der Waals surface area contributed by atoms with Crippen LogP contribution in [0.4, 0.5) is 18.9 Å². The Bertz CT molecular complexity index is 1370. The minimum absolute atomic E-state index is 0.0451. The molecule has 1 aliphatic heterocycles. The maximum absolute atomic E-state index is 13.9. The van der Waals surface area contributed by atoms with Gasteiger partial charge in [-0.3, -0.25) is 13.9 Å². The molecule has 1 aliphatic carbocycles. The smallest absolute Gasteiger partial charge is 0.427 e. The number of aliphatic carboxylic acids is 1. The summed E-state index contributed by atoms with van der Waals surface area (Å²) in [6.07, 6.45) is -4.07. The minimum Gasteiger partial charge on any atom is -0.486 e. The number of fused-ring (bicyclic) bond motifs is 1. The summed E-state index contributed by atoms with van der Waals surface area (Å²) in [6, 6.07) is 10.9. The minimum atomic E-state index is -4.77. The zero-order chi connectivity index (χ0) is 28.8. The van der Waals surface area contributed by atoms with Crippen LogP contribution < -0.4 is 9.04 Å². The van der Waals surface area contributed by atoms with Gasteiger partial charge in [0.25, 0.3) is 10.0 Å². The Kier molecular flexibility index (Phi) is 7.63. The number of carboxylic acids is 1. The van der Waals surface area contributed by atoms with Gasteiger partial charge in [-0.2, -0.15) is 13.2 Å². The highest BCUT2D eigenvalue weighted by molar-refractivity contribution is 7.92. The third-order valence-electron chi connectivity index (χ3n) is 6.89. The van der Waals surface area contributed by atoms with Gasteiger partial charge in [0, 0.05) is 0 Å².